The molecule has 3 rings (SSSR count). The molecule has 0 aliphatic heterocycles. The highest BCUT2D eigenvalue weighted by molar-refractivity contribution is 7.60. The first-order chi connectivity index (χ1) is 17.7. The molecule has 1 aliphatic carbocycles. The molecule has 8 nitrogen and oxygen atoms in total. The fraction of sp³-hybridized carbons (Fsp3) is 0.464. The fourth-order valence-electron chi connectivity index (χ4n) is 4.04. The van der Waals surface area contributed by atoms with E-state index in [0.717, 1.165) is 24.8 Å². The number of aliphatic hydroxyl groups is 1. The van der Waals surface area contributed by atoms with Crippen LogP contribution < -0.4 is 20.3 Å². The van der Waals surface area contributed by atoms with Crippen molar-refractivity contribution < 1.29 is 19.5 Å². The number of nitrogens with zero attached hydrogens (tertiary/aromatic N) is 1. The molecule has 200 valence electrons. The van der Waals surface area contributed by atoms with Crippen molar-refractivity contribution in [2.75, 3.05) is 17.9 Å². The monoisotopic (exact) mass is 525 g/mol. The summed E-state index contributed by atoms with van der Waals surface area (Å²) in [5.74, 6) is -1.00. The van der Waals surface area contributed by atoms with E-state index in [9.17, 15) is 19.5 Å². The van der Waals surface area contributed by atoms with Crippen molar-refractivity contribution in [3.05, 3.63) is 65.2 Å². The molecule has 37 heavy (non-hydrogen) atoms. The van der Waals surface area contributed by atoms with Crippen molar-refractivity contribution in [3.8, 4) is 0 Å². The minimum Gasteiger partial charge on any atom is -0.667 e. The van der Waals surface area contributed by atoms with Crippen molar-refractivity contribution in [3.63, 3.8) is 0 Å². The SMILES string of the molecule is CCC(C)C(CC(O)CNC(=O)c1cc(C(=O)NCc2ccccc2)cc(N(C)[S-])c1)C(=O)NC1CC1. The van der Waals surface area contributed by atoms with Gasteiger partial charge in [0.05, 0.1) is 6.10 Å². The quantitative estimate of drug-likeness (QED) is 0.299. The van der Waals surface area contributed by atoms with Gasteiger partial charge in [-0.15, -0.1) is 0 Å². The highest BCUT2D eigenvalue weighted by Gasteiger charge is 2.31. The van der Waals surface area contributed by atoms with Gasteiger partial charge in [-0.25, -0.2) is 0 Å². The third kappa shape index (κ3) is 8.79. The average molecular weight is 526 g/mol. The fourth-order valence-corrected chi connectivity index (χ4v) is 4.15. The zero-order valence-corrected chi connectivity index (χ0v) is 22.5. The molecule has 0 heterocycles. The number of hydrogen-bond acceptors (Lipinski definition) is 6. The summed E-state index contributed by atoms with van der Waals surface area (Å²) in [5, 5.41) is 19.3. The van der Waals surface area contributed by atoms with E-state index in [4.69, 9.17) is 12.8 Å². The van der Waals surface area contributed by atoms with Crippen LogP contribution in [0, 0.1) is 11.8 Å². The Morgan fingerprint density at radius 3 is 2.24 bits per heavy atom. The van der Waals surface area contributed by atoms with Crippen molar-refractivity contribution in [2.24, 2.45) is 11.8 Å². The molecule has 0 spiro atoms. The minimum absolute atomic E-state index is 0.00798. The number of amides is 3. The number of rotatable bonds is 13. The first kappa shape index (κ1) is 28.5. The van der Waals surface area contributed by atoms with Gasteiger partial charge in [-0.1, -0.05) is 50.6 Å². The van der Waals surface area contributed by atoms with Gasteiger partial charge in [0.25, 0.3) is 11.8 Å². The van der Waals surface area contributed by atoms with Gasteiger partial charge in [0.15, 0.2) is 0 Å². The molecule has 1 saturated carbocycles. The molecule has 3 unspecified atom stereocenters. The predicted molar refractivity (Wildman–Crippen MR) is 147 cm³/mol. The van der Waals surface area contributed by atoms with Crippen molar-refractivity contribution in [1.29, 1.82) is 0 Å². The molecule has 2 aromatic rings. The molecule has 9 heteroatoms. The van der Waals surface area contributed by atoms with Crippen LogP contribution in [0.4, 0.5) is 5.69 Å². The Morgan fingerprint density at radius 2 is 1.68 bits per heavy atom. The second-order valence-electron chi connectivity index (χ2n) is 9.81. The summed E-state index contributed by atoms with van der Waals surface area (Å²) < 4.78 is 1.41. The highest BCUT2D eigenvalue weighted by atomic mass is 32.1. The Morgan fingerprint density at radius 1 is 1.05 bits per heavy atom. The summed E-state index contributed by atoms with van der Waals surface area (Å²) in [6.07, 6.45) is 2.20. The van der Waals surface area contributed by atoms with Gasteiger partial charge in [0.2, 0.25) is 5.91 Å². The summed E-state index contributed by atoms with van der Waals surface area (Å²) in [6, 6.07) is 14.5. The molecule has 2 aromatic carbocycles. The second-order valence-corrected chi connectivity index (χ2v) is 10.4. The van der Waals surface area contributed by atoms with Gasteiger partial charge in [-0.2, -0.15) is 0 Å². The van der Waals surface area contributed by atoms with Crippen LogP contribution in [0.1, 0.15) is 65.8 Å². The summed E-state index contributed by atoms with van der Waals surface area (Å²) in [6.45, 7) is 4.37. The number of anilines is 1. The zero-order valence-electron chi connectivity index (χ0n) is 21.7. The molecule has 4 N–H and O–H groups in total. The topological polar surface area (TPSA) is 111 Å². The molecule has 3 atom stereocenters. The lowest BCUT2D eigenvalue weighted by atomic mass is 9.86. The maximum absolute atomic E-state index is 13.0. The Bertz CT molecular complexity index is 1080. The number of benzene rings is 2. The van der Waals surface area contributed by atoms with Gasteiger partial charge in [0, 0.05) is 41.9 Å². The normalized spacial score (nSPS) is 15.3. The molecule has 0 aromatic heterocycles. The number of carbonyl (C=O) groups excluding carboxylic acids is 3. The second kappa shape index (κ2) is 13.5. The van der Waals surface area contributed by atoms with Gasteiger partial charge < -0.3 is 38.2 Å². The predicted octanol–water partition coefficient (Wildman–Crippen LogP) is 2.94. The smallest absolute Gasteiger partial charge is 0.251 e. The van der Waals surface area contributed by atoms with E-state index >= 15 is 0 Å². The lowest BCUT2D eigenvalue weighted by molar-refractivity contribution is -0.127. The van der Waals surface area contributed by atoms with E-state index < -0.39 is 12.0 Å². The van der Waals surface area contributed by atoms with Crippen LogP contribution in [0.25, 0.3) is 0 Å². The first-order valence-electron chi connectivity index (χ1n) is 12.8. The lowest BCUT2D eigenvalue weighted by Crippen LogP contribution is -2.40. The average Bonchev–Trinajstić information content (AvgIpc) is 3.72. The van der Waals surface area contributed by atoms with Gasteiger partial charge >= 0.3 is 0 Å². The van der Waals surface area contributed by atoms with Crippen molar-refractivity contribution in [1.82, 2.24) is 16.0 Å². The molecule has 0 bridgehead atoms. The largest absolute Gasteiger partial charge is 0.667 e. The Balaban J connectivity index is 1.63. The van der Waals surface area contributed by atoms with Crippen LogP contribution in [0.5, 0.6) is 0 Å². The van der Waals surface area contributed by atoms with Gasteiger partial charge in [-0.05, 0) is 56.0 Å². The van der Waals surface area contributed by atoms with Crippen molar-refractivity contribution in [2.45, 2.75) is 58.2 Å². The Kier molecular flexibility index (Phi) is 10.4. The standard InChI is InChI=1S/C28H37N4O4S/c1-4-18(2)25(28(36)31-22-10-11-22)15-24(33)17-30-27(35)21-12-20(13-23(14-21)32(3)37)26(34)29-16-19-8-6-5-7-9-19/h5-9,12-14,18,22,24-25,33H,4,10-11,15-17H2,1-3H3,(H,29,34)(H,30,35)(H,31,36)/q-1. The molecule has 1 fully saturated rings. The molecule has 0 radical (unpaired) electrons. The van der Waals surface area contributed by atoms with E-state index in [1.54, 1.807) is 19.2 Å². The van der Waals surface area contributed by atoms with E-state index in [-0.39, 0.29) is 48.2 Å². The lowest BCUT2D eigenvalue weighted by Gasteiger charge is -2.27. The van der Waals surface area contributed by atoms with Crippen LogP contribution in [0.3, 0.4) is 0 Å². The highest BCUT2D eigenvalue weighted by Crippen LogP contribution is 2.25. The summed E-state index contributed by atoms with van der Waals surface area (Å²) in [7, 11) is 1.66. The summed E-state index contributed by atoms with van der Waals surface area (Å²) in [4.78, 5) is 38.4. The summed E-state index contributed by atoms with van der Waals surface area (Å²) in [5.41, 5.74) is 2.06. The Labute approximate surface area is 224 Å². The third-order valence-corrected chi connectivity index (χ3v) is 6.93. The van der Waals surface area contributed by atoms with E-state index in [0.29, 0.717) is 17.8 Å². The minimum atomic E-state index is -0.883. The van der Waals surface area contributed by atoms with E-state index in [2.05, 4.69) is 16.0 Å². The molecular weight excluding hydrogens is 488 g/mol. The van der Waals surface area contributed by atoms with Crippen molar-refractivity contribution >= 4 is 36.2 Å². The number of nitrogens with one attached hydrogen (secondary N) is 3. The Hall–Kier alpha value is -3.04. The molecular formula is C28H37N4O4S-. The number of aliphatic hydroxyl groups excluding tert-OH is 1. The first-order valence-corrected chi connectivity index (χ1v) is 13.2. The third-order valence-electron chi connectivity index (χ3n) is 6.72. The van der Waals surface area contributed by atoms with Crippen LogP contribution in [0.2, 0.25) is 0 Å². The van der Waals surface area contributed by atoms with Gasteiger partial charge in [-0.3, -0.25) is 14.4 Å². The summed E-state index contributed by atoms with van der Waals surface area (Å²) >= 11 is 5.22. The molecule has 0 saturated heterocycles. The maximum atomic E-state index is 13.0. The van der Waals surface area contributed by atoms with Crippen LogP contribution in [0.15, 0.2) is 48.5 Å². The number of hydrogen-bond donors (Lipinski definition) is 4. The van der Waals surface area contributed by atoms with Crippen LogP contribution >= 0.6 is 0 Å². The number of carbonyl (C=O) groups is 3. The maximum Gasteiger partial charge on any atom is 0.251 e. The molecule has 3 amide bonds. The van der Waals surface area contributed by atoms with Crippen LogP contribution in [-0.4, -0.2) is 48.6 Å². The van der Waals surface area contributed by atoms with Gasteiger partial charge in [0.1, 0.15) is 0 Å². The zero-order chi connectivity index (χ0) is 26.9. The van der Waals surface area contributed by atoms with E-state index in [1.807, 2.05) is 44.2 Å². The molecule has 1 aliphatic rings. The van der Waals surface area contributed by atoms with Crippen LogP contribution in [-0.2, 0) is 24.2 Å². The van der Waals surface area contributed by atoms with E-state index in [1.165, 1.54) is 10.4 Å².